The molecule has 4 rings (SSSR count). The minimum absolute atomic E-state index is 0.115. The molecule has 2 heterocycles. The molecule has 2 N–H and O–H groups in total. The zero-order valence-electron chi connectivity index (χ0n) is 15.1. The van der Waals surface area contributed by atoms with Gasteiger partial charge in [-0.2, -0.15) is 0 Å². The largest absolute Gasteiger partial charge is 0.465 e. The quantitative estimate of drug-likeness (QED) is 0.775. The van der Waals surface area contributed by atoms with Crippen LogP contribution in [0.3, 0.4) is 0 Å². The minimum atomic E-state index is -1.07. The minimum Gasteiger partial charge on any atom is -0.465 e. The maximum atomic E-state index is 13.6. The number of hydrogen-bond donors (Lipinski definition) is 2. The first-order chi connectivity index (χ1) is 13.0. The number of halogens is 1. The number of nitrogens with one attached hydrogen (secondary N) is 1. The predicted molar refractivity (Wildman–Crippen MR) is 97.8 cm³/mol. The van der Waals surface area contributed by atoms with Gasteiger partial charge in [0.1, 0.15) is 11.4 Å². The number of benzene rings is 1. The number of amides is 2. The Morgan fingerprint density at radius 3 is 2.70 bits per heavy atom. The van der Waals surface area contributed by atoms with Crippen LogP contribution in [-0.4, -0.2) is 64.2 Å². The standard InChI is InChI=1S/C20H24FN3O3/c21-15-5-3-14(4-6-15)9-11-23(16-7-8-16)18(25)20-10-1-2-17(12-22-13-20)24(20)19(26)27/h1-6,16-17,22H,7-13H2,(H,26,27). The number of nitrogens with zero attached hydrogens (tertiary/aromatic N) is 2. The normalized spacial score (nSPS) is 26.7. The summed E-state index contributed by atoms with van der Waals surface area (Å²) in [5, 5.41) is 13.0. The lowest BCUT2D eigenvalue weighted by Crippen LogP contribution is -2.73. The van der Waals surface area contributed by atoms with Gasteiger partial charge in [-0.25, -0.2) is 9.18 Å². The van der Waals surface area contributed by atoms with E-state index >= 15 is 0 Å². The Hall–Kier alpha value is -2.41. The van der Waals surface area contributed by atoms with Crippen molar-refractivity contribution in [3.8, 4) is 0 Å². The van der Waals surface area contributed by atoms with Crippen LogP contribution in [0.2, 0.25) is 0 Å². The first-order valence-corrected chi connectivity index (χ1v) is 9.46. The van der Waals surface area contributed by atoms with Crippen LogP contribution in [0, 0.1) is 5.82 Å². The van der Waals surface area contributed by atoms with E-state index in [0.717, 1.165) is 18.4 Å². The summed E-state index contributed by atoms with van der Waals surface area (Å²) in [6.45, 7) is 1.37. The number of piperazine rings is 1. The second-order valence-electron chi connectivity index (χ2n) is 7.62. The molecule has 27 heavy (non-hydrogen) atoms. The van der Waals surface area contributed by atoms with Crippen molar-refractivity contribution in [3.63, 3.8) is 0 Å². The molecule has 0 spiro atoms. The summed E-state index contributed by atoms with van der Waals surface area (Å²) >= 11 is 0. The fourth-order valence-corrected chi connectivity index (χ4v) is 4.26. The van der Waals surface area contributed by atoms with E-state index in [4.69, 9.17) is 0 Å². The summed E-state index contributed by atoms with van der Waals surface area (Å²) in [5.74, 6) is -0.394. The highest BCUT2D eigenvalue weighted by molar-refractivity contribution is 5.91. The first kappa shape index (κ1) is 18.0. The van der Waals surface area contributed by atoms with Crippen LogP contribution in [0.4, 0.5) is 9.18 Å². The highest BCUT2D eigenvalue weighted by Crippen LogP contribution is 2.36. The van der Waals surface area contributed by atoms with Gasteiger partial charge >= 0.3 is 6.09 Å². The van der Waals surface area contributed by atoms with Crippen LogP contribution in [0.25, 0.3) is 0 Å². The fourth-order valence-electron chi connectivity index (χ4n) is 4.26. The van der Waals surface area contributed by atoms with Crippen molar-refractivity contribution in [3.05, 3.63) is 47.8 Å². The third-order valence-corrected chi connectivity index (χ3v) is 5.78. The molecular formula is C20H24FN3O3. The van der Waals surface area contributed by atoms with Crippen LogP contribution < -0.4 is 5.32 Å². The Kier molecular flexibility index (Phi) is 4.63. The number of carbonyl (C=O) groups excluding carboxylic acids is 1. The highest BCUT2D eigenvalue weighted by Gasteiger charge is 2.55. The zero-order valence-corrected chi connectivity index (χ0v) is 15.1. The molecule has 2 aliphatic heterocycles. The van der Waals surface area contributed by atoms with E-state index in [2.05, 4.69) is 5.32 Å². The zero-order chi connectivity index (χ0) is 19.0. The lowest BCUT2D eigenvalue weighted by atomic mass is 9.83. The molecule has 2 fully saturated rings. The molecule has 0 aromatic heterocycles. The molecule has 3 aliphatic rings. The third kappa shape index (κ3) is 3.32. The maximum absolute atomic E-state index is 13.6. The molecule has 1 aromatic carbocycles. The van der Waals surface area contributed by atoms with E-state index in [0.29, 0.717) is 32.5 Å². The van der Waals surface area contributed by atoms with Crippen molar-refractivity contribution in [2.24, 2.45) is 0 Å². The molecule has 7 heteroatoms. The van der Waals surface area contributed by atoms with Crippen molar-refractivity contribution in [2.45, 2.75) is 43.3 Å². The summed E-state index contributed by atoms with van der Waals surface area (Å²) in [6, 6.07) is 6.17. The van der Waals surface area contributed by atoms with E-state index in [1.54, 1.807) is 12.1 Å². The van der Waals surface area contributed by atoms with Crippen LogP contribution in [0.1, 0.15) is 24.8 Å². The van der Waals surface area contributed by atoms with Gasteiger partial charge in [0.2, 0.25) is 0 Å². The number of hydrogen-bond acceptors (Lipinski definition) is 3. The van der Waals surface area contributed by atoms with Crippen LogP contribution in [-0.2, 0) is 11.2 Å². The van der Waals surface area contributed by atoms with Gasteiger partial charge in [0.05, 0.1) is 6.04 Å². The van der Waals surface area contributed by atoms with E-state index in [1.807, 2.05) is 17.1 Å². The van der Waals surface area contributed by atoms with Crippen LogP contribution in [0.5, 0.6) is 0 Å². The van der Waals surface area contributed by atoms with E-state index < -0.39 is 11.6 Å². The number of rotatable bonds is 5. The molecule has 2 unspecified atom stereocenters. The molecule has 2 atom stereocenters. The molecule has 1 aromatic rings. The Bertz CT molecular complexity index is 762. The Labute approximate surface area is 157 Å². The van der Waals surface area contributed by atoms with Crippen molar-refractivity contribution >= 4 is 12.0 Å². The lowest BCUT2D eigenvalue weighted by molar-refractivity contribution is -0.147. The van der Waals surface area contributed by atoms with Gasteiger partial charge in [-0.05, 0) is 43.4 Å². The van der Waals surface area contributed by atoms with E-state index in [-0.39, 0.29) is 23.8 Å². The SMILES string of the molecule is O=C(O)N1C2C=CCC1(C(=O)N(CCc1ccc(F)cc1)C1CC1)CNC2. The highest BCUT2D eigenvalue weighted by atomic mass is 19.1. The van der Waals surface area contributed by atoms with Gasteiger partial charge in [0, 0.05) is 25.7 Å². The second kappa shape index (κ2) is 6.96. The number of carboxylic acid groups (broad SMARTS) is 1. The summed E-state index contributed by atoms with van der Waals surface area (Å²) in [6.07, 6.45) is 5.67. The van der Waals surface area contributed by atoms with Crippen molar-refractivity contribution in [1.82, 2.24) is 15.1 Å². The Morgan fingerprint density at radius 2 is 2.04 bits per heavy atom. The number of fused-ring (bicyclic) bond motifs is 2. The van der Waals surface area contributed by atoms with Gasteiger partial charge < -0.3 is 15.3 Å². The summed E-state index contributed by atoms with van der Waals surface area (Å²) in [7, 11) is 0. The molecule has 1 saturated heterocycles. The molecule has 144 valence electrons. The number of carbonyl (C=O) groups is 2. The third-order valence-electron chi connectivity index (χ3n) is 5.78. The van der Waals surface area contributed by atoms with Gasteiger partial charge in [-0.1, -0.05) is 24.3 Å². The smallest absolute Gasteiger partial charge is 0.408 e. The van der Waals surface area contributed by atoms with Crippen LogP contribution >= 0.6 is 0 Å². The molecule has 1 aliphatic carbocycles. The Morgan fingerprint density at radius 1 is 1.30 bits per heavy atom. The molecule has 6 nitrogen and oxygen atoms in total. The molecule has 1 saturated carbocycles. The van der Waals surface area contributed by atoms with E-state index in [9.17, 15) is 19.1 Å². The first-order valence-electron chi connectivity index (χ1n) is 9.46. The molecule has 2 amide bonds. The van der Waals surface area contributed by atoms with Crippen molar-refractivity contribution < 1.29 is 19.1 Å². The molecule has 0 radical (unpaired) electrons. The monoisotopic (exact) mass is 373 g/mol. The average molecular weight is 373 g/mol. The van der Waals surface area contributed by atoms with Crippen molar-refractivity contribution in [1.29, 1.82) is 0 Å². The van der Waals surface area contributed by atoms with Gasteiger partial charge in [-0.3, -0.25) is 9.69 Å². The summed E-state index contributed by atoms with van der Waals surface area (Å²) in [5.41, 5.74) is -0.111. The fraction of sp³-hybridized carbons (Fsp3) is 0.500. The van der Waals surface area contributed by atoms with Gasteiger partial charge in [0.15, 0.2) is 0 Å². The maximum Gasteiger partial charge on any atom is 0.408 e. The molecule has 2 bridgehead atoms. The topological polar surface area (TPSA) is 72.9 Å². The van der Waals surface area contributed by atoms with Gasteiger partial charge in [-0.15, -0.1) is 0 Å². The average Bonchev–Trinajstić information content (AvgIpc) is 3.47. The van der Waals surface area contributed by atoms with Crippen LogP contribution in [0.15, 0.2) is 36.4 Å². The second-order valence-corrected chi connectivity index (χ2v) is 7.62. The van der Waals surface area contributed by atoms with E-state index in [1.165, 1.54) is 17.0 Å². The predicted octanol–water partition coefficient (Wildman–Crippen LogP) is 2.01. The van der Waals surface area contributed by atoms with Crippen molar-refractivity contribution in [2.75, 3.05) is 19.6 Å². The Balaban J connectivity index is 1.56. The molecular weight excluding hydrogens is 349 g/mol. The lowest BCUT2D eigenvalue weighted by Gasteiger charge is -2.51. The van der Waals surface area contributed by atoms with Gasteiger partial charge in [0.25, 0.3) is 5.91 Å². The summed E-state index contributed by atoms with van der Waals surface area (Å²) < 4.78 is 13.1. The summed E-state index contributed by atoms with van der Waals surface area (Å²) in [4.78, 5) is 28.7.